The molecular formula is C32H36O4. The first-order chi connectivity index (χ1) is 17.8. The Morgan fingerprint density at radius 3 is 1.44 bits per heavy atom. The van der Waals surface area contributed by atoms with Crippen LogP contribution in [0.5, 0.6) is 34.5 Å². The molecule has 188 valence electrons. The van der Waals surface area contributed by atoms with Crippen molar-refractivity contribution in [2.45, 2.75) is 65.2 Å². The maximum Gasteiger partial charge on any atom is 0.216 e. The van der Waals surface area contributed by atoms with Gasteiger partial charge in [0.15, 0.2) is 23.0 Å². The van der Waals surface area contributed by atoms with E-state index in [4.69, 9.17) is 18.9 Å². The first-order valence-corrected chi connectivity index (χ1v) is 13.5. The van der Waals surface area contributed by atoms with E-state index in [0.717, 1.165) is 58.7 Å². The van der Waals surface area contributed by atoms with Crippen molar-refractivity contribution in [3.8, 4) is 34.5 Å². The van der Waals surface area contributed by atoms with Crippen molar-refractivity contribution in [3.05, 3.63) is 60.7 Å². The van der Waals surface area contributed by atoms with Gasteiger partial charge in [-0.1, -0.05) is 101 Å². The van der Waals surface area contributed by atoms with Crippen molar-refractivity contribution in [2.24, 2.45) is 0 Å². The molecule has 5 rings (SSSR count). The summed E-state index contributed by atoms with van der Waals surface area (Å²) < 4.78 is 26.0. The molecule has 0 aliphatic carbocycles. The van der Waals surface area contributed by atoms with Crippen LogP contribution in [0.1, 0.15) is 65.2 Å². The average molecular weight is 485 g/mol. The van der Waals surface area contributed by atoms with Crippen molar-refractivity contribution < 1.29 is 18.9 Å². The van der Waals surface area contributed by atoms with Gasteiger partial charge >= 0.3 is 0 Å². The lowest BCUT2D eigenvalue weighted by Gasteiger charge is -2.27. The second-order valence-electron chi connectivity index (χ2n) is 9.53. The molecule has 0 atom stereocenters. The number of fused-ring (bicyclic) bond motifs is 4. The van der Waals surface area contributed by atoms with E-state index in [-0.39, 0.29) is 0 Å². The third-order valence-corrected chi connectivity index (χ3v) is 6.76. The van der Waals surface area contributed by atoms with Crippen LogP contribution in [0.3, 0.4) is 0 Å². The molecule has 0 unspecified atom stereocenters. The lowest BCUT2D eigenvalue weighted by Crippen LogP contribution is -2.08. The van der Waals surface area contributed by atoms with Gasteiger partial charge in [0.2, 0.25) is 11.5 Å². The van der Waals surface area contributed by atoms with Gasteiger partial charge < -0.3 is 18.9 Å². The Bertz CT molecular complexity index is 1230. The van der Waals surface area contributed by atoms with Gasteiger partial charge in [0, 0.05) is 10.8 Å². The summed E-state index contributed by atoms with van der Waals surface area (Å²) in [6.45, 7) is 5.72. The number of hydrogen-bond donors (Lipinski definition) is 0. The van der Waals surface area contributed by atoms with E-state index < -0.39 is 0 Å². The summed E-state index contributed by atoms with van der Waals surface area (Å²) in [5, 5.41) is 4.20. The van der Waals surface area contributed by atoms with Crippen molar-refractivity contribution in [2.75, 3.05) is 13.2 Å². The Labute approximate surface area is 214 Å². The highest BCUT2D eigenvalue weighted by Gasteiger charge is 2.30. The van der Waals surface area contributed by atoms with Crippen LogP contribution < -0.4 is 18.9 Å². The topological polar surface area (TPSA) is 36.9 Å². The third kappa shape index (κ3) is 5.09. The monoisotopic (exact) mass is 484 g/mol. The van der Waals surface area contributed by atoms with E-state index in [1.807, 2.05) is 36.4 Å². The fourth-order valence-corrected chi connectivity index (χ4v) is 4.79. The predicted molar refractivity (Wildman–Crippen MR) is 147 cm³/mol. The first-order valence-electron chi connectivity index (χ1n) is 13.5. The Balaban J connectivity index is 1.56. The lowest BCUT2D eigenvalue weighted by atomic mass is 10.0. The zero-order valence-electron chi connectivity index (χ0n) is 21.5. The van der Waals surface area contributed by atoms with Crippen LogP contribution in [-0.4, -0.2) is 13.2 Å². The molecule has 0 fully saturated rings. The first kappa shape index (κ1) is 24.3. The Morgan fingerprint density at radius 1 is 0.556 bits per heavy atom. The molecule has 36 heavy (non-hydrogen) atoms. The number of ether oxygens (including phenoxy) is 4. The zero-order valence-corrected chi connectivity index (χ0v) is 21.5. The van der Waals surface area contributed by atoms with Gasteiger partial charge in [-0.05, 0) is 35.7 Å². The fourth-order valence-electron chi connectivity index (χ4n) is 4.79. The molecule has 0 radical (unpaired) electrons. The number of benzene rings is 4. The van der Waals surface area contributed by atoms with Crippen LogP contribution >= 0.6 is 0 Å². The summed E-state index contributed by atoms with van der Waals surface area (Å²) in [6.07, 6.45) is 9.15. The van der Waals surface area contributed by atoms with E-state index in [1.165, 1.54) is 25.7 Å². The molecule has 1 heterocycles. The summed E-state index contributed by atoms with van der Waals surface area (Å²) in [6, 6.07) is 20.6. The smallest absolute Gasteiger partial charge is 0.216 e. The van der Waals surface area contributed by atoms with Crippen molar-refractivity contribution >= 4 is 21.5 Å². The summed E-state index contributed by atoms with van der Waals surface area (Å²) in [7, 11) is 0. The van der Waals surface area contributed by atoms with E-state index in [9.17, 15) is 0 Å². The molecule has 4 heteroatoms. The SMILES string of the molecule is CCCCCCOc1c2c(c(OCCCCCC)c3ccccc13)Oc1cc3ccccc3cc1O2. The minimum Gasteiger partial charge on any atom is -0.489 e. The minimum atomic E-state index is 0.607. The van der Waals surface area contributed by atoms with Crippen LogP contribution in [0.4, 0.5) is 0 Å². The average Bonchev–Trinajstić information content (AvgIpc) is 2.91. The van der Waals surface area contributed by atoms with Gasteiger partial charge in [-0.25, -0.2) is 0 Å². The lowest BCUT2D eigenvalue weighted by molar-refractivity contribution is 0.265. The maximum absolute atomic E-state index is 6.56. The summed E-state index contributed by atoms with van der Waals surface area (Å²) in [5.74, 6) is 4.07. The van der Waals surface area contributed by atoms with Crippen LogP contribution in [0.25, 0.3) is 21.5 Å². The van der Waals surface area contributed by atoms with Crippen LogP contribution in [0.2, 0.25) is 0 Å². The zero-order chi connectivity index (χ0) is 24.7. The van der Waals surface area contributed by atoms with Gasteiger partial charge in [-0.3, -0.25) is 0 Å². The van der Waals surface area contributed by atoms with Gasteiger partial charge in [0.1, 0.15) is 0 Å². The highest BCUT2D eigenvalue weighted by molar-refractivity contribution is 5.99. The molecule has 1 aliphatic heterocycles. The molecule has 0 N–H and O–H groups in total. The molecule has 0 spiro atoms. The Hall–Kier alpha value is -3.40. The molecule has 1 aliphatic rings. The fraction of sp³-hybridized carbons (Fsp3) is 0.375. The van der Waals surface area contributed by atoms with Crippen LogP contribution in [0, 0.1) is 0 Å². The third-order valence-electron chi connectivity index (χ3n) is 6.76. The molecule has 4 aromatic carbocycles. The summed E-state index contributed by atoms with van der Waals surface area (Å²) in [5.41, 5.74) is 0. The van der Waals surface area contributed by atoms with Crippen LogP contribution in [-0.2, 0) is 0 Å². The Kier molecular flexibility index (Phi) is 7.80. The quantitative estimate of drug-likeness (QED) is 0.165. The van der Waals surface area contributed by atoms with E-state index in [1.54, 1.807) is 0 Å². The van der Waals surface area contributed by atoms with Gasteiger partial charge in [0.05, 0.1) is 13.2 Å². The summed E-state index contributed by atoms with van der Waals surface area (Å²) >= 11 is 0. The number of rotatable bonds is 12. The maximum atomic E-state index is 6.56. The second-order valence-corrected chi connectivity index (χ2v) is 9.53. The van der Waals surface area contributed by atoms with Crippen molar-refractivity contribution in [1.82, 2.24) is 0 Å². The molecular weight excluding hydrogens is 448 g/mol. The molecule has 0 saturated heterocycles. The Morgan fingerprint density at radius 2 is 1.00 bits per heavy atom. The molecule has 4 nitrogen and oxygen atoms in total. The normalized spacial score (nSPS) is 12.1. The van der Waals surface area contributed by atoms with E-state index in [0.29, 0.717) is 36.2 Å². The van der Waals surface area contributed by atoms with E-state index in [2.05, 4.69) is 38.1 Å². The largest absolute Gasteiger partial charge is 0.489 e. The molecule has 0 saturated carbocycles. The molecule has 0 aromatic heterocycles. The molecule has 4 aromatic rings. The van der Waals surface area contributed by atoms with Gasteiger partial charge in [-0.2, -0.15) is 0 Å². The standard InChI is InChI=1S/C32H36O4/c1-3-5-7-13-19-33-29-25-17-11-12-18-26(25)30(34-20-14-8-6-4-2)32-31(29)35-27-21-23-15-9-10-16-24(23)22-28(27)36-32/h9-12,15-18,21-22H,3-8,13-14,19-20H2,1-2H3. The highest BCUT2D eigenvalue weighted by atomic mass is 16.6. The van der Waals surface area contributed by atoms with Crippen molar-refractivity contribution in [3.63, 3.8) is 0 Å². The van der Waals surface area contributed by atoms with Crippen molar-refractivity contribution in [1.29, 1.82) is 0 Å². The van der Waals surface area contributed by atoms with Gasteiger partial charge in [-0.15, -0.1) is 0 Å². The number of unbranched alkanes of at least 4 members (excludes halogenated alkanes) is 6. The predicted octanol–water partition coefficient (Wildman–Crippen LogP) is 9.81. The van der Waals surface area contributed by atoms with Crippen LogP contribution in [0.15, 0.2) is 60.7 Å². The second kappa shape index (κ2) is 11.6. The van der Waals surface area contributed by atoms with Gasteiger partial charge in [0.25, 0.3) is 0 Å². The highest BCUT2D eigenvalue weighted by Crippen LogP contribution is 2.58. The minimum absolute atomic E-state index is 0.607. The van der Waals surface area contributed by atoms with E-state index >= 15 is 0 Å². The molecule has 0 amide bonds. The summed E-state index contributed by atoms with van der Waals surface area (Å²) in [4.78, 5) is 0. The molecule has 0 bridgehead atoms. The number of hydrogen-bond acceptors (Lipinski definition) is 4.